The molecule has 80 valence electrons. The van der Waals surface area contributed by atoms with Crippen LogP contribution in [0, 0.1) is 5.41 Å². The largest absolute Gasteiger partial charge is 0.475 e. The molecule has 0 radical (unpaired) electrons. The minimum Gasteiger partial charge on any atom is -0.475 e. The van der Waals surface area contributed by atoms with Crippen LogP contribution in [0.2, 0.25) is 0 Å². The van der Waals surface area contributed by atoms with E-state index in [1.807, 2.05) is 0 Å². The monoisotopic (exact) mass is 208 g/mol. The molecule has 0 aliphatic heterocycles. The number of aromatic nitrogens is 2. The van der Waals surface area contributed by atoms with Gasteiger partial charge in [-0.2, -0.15) is 4.98 Å². The summed E-state index contributed by atoms with van der Waals surface area (Å²) in [5.41, 5.74) is 0.544. The first-order valence-corrected chi connectivity index (χ1v) is 5.25. The summed E-state index contributed by atoms with van der Waals surface area (Å²) >= 11 is 0. The Morgan fingerprint density at radius 3 is 2.67 bits per heavy atom. The first-order valence-electron chi connectivity index (χ1n) is 5.25. The van der Waals surface area contributed by atoms with Gasteiger partial charge >= 0.3 is 5.97 Å². The maximum atomic E-state index is 10.6. The fourth-order valence-electron chi connectivity index (χ4n) is 2.73. The SMILES string of the molecule is O=C(O)c1noc(C2CC3(CCC3)C2)n1. The number of aromatic carboxylic acids is 1. The van der Waals surface area contributed by atoms with Gasteiger partial charge in [0.2, 0.25) is 5.89 Å². The van der Waals surface area contributed by atoms with Gasteiger partial charge in [0.1, 0.15) is 0 Å². The van der Waals surface area contributed by atoms with E-state index in [-0.39, 0.29) is 5.82 Å². The van der Waals surface area contributed by atoms with E-state index in [9.17, 15) is 4.79 Å². The third kappa shape index (κ3) is 1.26. The van der Waals surface area contributed by atoms with Crippen molar-refractivity contribution in [2.75, 3.05) is 0 Å². The lowest BCUT2D eigenvalue weighted by atomic mass is 9.52. The molecule has 5 heteroatoms. The second-order valence-corrected chi connectivity index (χ2v) is 4.72. The Balaban J connectivity index is 1.70. The van der Waals surface area contributed by atoms with Crippen molar-refractivity contribution in [3.63, 3.8) is 0 Å². The second-order valence-electron chi connectivity index (χ2n) is 4.72. The zero-order chi connectivity index (χ0) is 10.5. The number of nitrogens with zero attached hydrogens (tertiary/aromatic N) is 2. The summed E-state index contributed by atoms with van der Waals surface area (Å²) in [5, 5.41) is 12.1. The summed E-state index contributed by atoms with van der Waals surface area (Å²) in [6.07, 6.45) is 6.13. The normalized spacial score (nSPS) is 23.5. The molecule has 2 saturated carbocycles. The molecule has 2 aliphatic carbocycles. The number of carboxylic acids is 1. The van der Waals surface area contributed by atoms with Crippen LogP contribution in [-0.4, -0.2) is 21.2 Å². The Hall–Kier alpha value is -1.39. The van der Waals surface area contributed by atoms with Crippen LogP contribution in [0.4, 0.5) is 0 Å². The summed E-state index contributed by atoms with van der Waals surface area (Å²) in [7, 11) is 0. The van der Waals surface area contributed by atoms with E-state index in [0.29, 0.717) is 17.2 Å². The highest BCUT2D eigenvalue weighted by atomic mass is 16.5. The van der Waals surface area contributed by atoms with E-state index in [4.69, 9.17) is 9.63 Å². The first kappa shape index (κ1) is 8.88. The molecular formula is C10H12N2O3. The van der Waals surface area contributed by atoms with Gasteiger partial charge in [0, 0.05) is 5.92 Å². The van der Waals surface area contributed by atoms with E-state index in [1.165, 1.54) is 19.3 Å². The topological polar surface area (TPSA) is 76.2 Å². The molecule has 0 bridgehead atoms. The molecule has 1 heterocycles. The van der Waals surface area contributed by atoms with Gasteiger partial charge < -0.3 is 9.63 Å². The summed E-state index contributed by atoms with van der Waals surface area (Å²) < 4.78 is 4.95. The lowest BCUT2D eigenvalue weighted by Gasteiger charge is -2.53. The highest BCUT2D eigenvalue weighted by Crippen LogP contribution is 2.61. The third-order valence-electron chi connectivity index (χ3n) is 3.76. The molecule has 0 unspecified atom stereocenters. The summed E-state index contributed by atoms with van der Waals surface area (Å²) in [4.78, 5) is 14.4. The molecule has 0 amide bonds. The third-order valence-corrected chi connectivity index (χ3v) is 3.76. The van der Waals surface area contributed by atoms with Crippen molar-refractivity contribution >= 4 is 5.97 Å². The molecule has 1 aromatic heterocycles. The van der Waals surface area contributed by atoms with Crippen LogP contribution in [-0.2, 0) is 0 Å². The number of rotatable bonds is 2. The summed E-state index contributed by atoms with van der Waals surface area (Å²) in [6, 6.07) is 0. The van der Waals surface area contributed by atoms with Crippen LogP contribution in [0.1, 0.15) is 54.5 Å². The molecule has 15 heavy (non-hydrogen) atoms. The van der Waals surface area contributed by atoms with Crippen LogP contribution in [0.3, 0.4) is 0 Å². The molecule has 1 N–H and O–H groups in total. The average molecular weight is 208 g/mol. The number of hydrogen-bond donors (Lipinski definition) is 1. The van der Waals surface area contributed by atoms with Crippen molar-refractivity contribution in [2.24, 2.45) is 5.41 Å². The Kier molecular flexibility index (Phi) is 1.66. The quantitative estimate of drug-likeness (QED) is 0.802. The zero-order valence-electron chi connectivity index (χ0n) is 8.27. The average Bonchev–Trinajstić information content (AvgIpc) is 2.47. The molecule has 2 aliphatic rings. The van der Waals surface area contributed by atoms with Gasteiger partial charge in [0.25, 0.3) is 5.82 Å². The van der Waals surface area contributed by atoms with Crippen molar-refractivity contribution in [3.8, 4) is 0 Å². The summed E-state index contributed by atoms with van der Waals surface area (Å²) in [5.74, 6) is -0.543. The standard InChI is InChI=1S/C10H12N2O3/c13-9(14)7-11-8(15-12-7)6-4-10(5-6)2-1-3-10/h6H,1-5H2,(H,13,14). The van der Waals surface area contributed by atoms with Crippen molar-refractivity contribution in [1.29, 1.82) is 0 Å². The lowest BCUT2D eigenvalue weighted by molar-refractivity contribution is -0.00166. The molecule has 0 atom stereocenters. The van der Waals surface area contributed by atoms with Crippen LogP contribution < -0.4 is 0 Å². The second kappa shape index (κ2) is 2.81. The molecule has 1 aromatic rings. The van der Waals surface area contributed by atoms with Crippen LogP contribution in [0.5, 0.6) is 0 Å². The molecule has 0 saturated heterocycles. The molecule has 0 aromatic carbocycles. The minimum atomic E-state index is -1.12. The fraction of sp³-hybridized carbons (Fsp3) is 0.700. The minimum absolute atomic E-state index is 0.223. The van der Waals surface area contributed by atoms with Gasteiger partial charge in [0.15, 0.2) is 0 Å². The zero-order valence-corrected chi connectivity index (χ0v) is 8.27. The van der Waals surface area contributed by atoms with Crippen LogP contribution >= 0.6 is 0 Å². The first-order chi connectivity index (χ1) is 7.19. The van der Waals surface area contributed by atoms with E-state index in [2.05, 4.69) is 10.1 Å². The molecular weight excluding hydrogens is 196 g/mol. The van der Waals surface area contributed by atoms with Gasteiger partial charge in [-0.1, -0.05) is 6.42 Å². The van der Waals surface area contributed by atoms with E-state index >= 15 is 0 Å². The van der Waals surface area contributed by atoms with E-state index in [0.717, 1.165) is 12.8 Å². The van der Waals surface area contributed by atoms with Gasteiger partial charge in [-0.25, -0.2) is 4.79 Å². The van der Waals surface area contributed by atoms with Crippen LogP contribution in [0.25, 0.3) is 0 Å². The van der Waals surface area contributed by atoms with Crippen molar-refractivity contribution < 1.29 is 14.4 Å². The maximum Gasteiger partial charge on any atom is 0.377 e. The maximum absolute atomic E-state index is 10.6. The Labute approximate surface area is 86.5 Å². The van der Waals surface area contributed by atoms with Gasteiger partial charge in [-0.3, -0.25) is 0 Å². The fourth-order valence-corrected chi connectivity index (χ4v) is 2.73. The predicted molar refractivity (Wildman–Crippen MR) is 49.5 cm³/mol. The van der Waals surface area contributed by atoms with Gasteiger partial charge in [-0.05, 0) is 36.3 Å². The molecule has 1 spiro atoms. The lowest BCUT2D eigenvalue weighted by Crippen LogP contribution is -2.41. The number of carboxylic acid groups (broad SMARTS) is 1. The Bertz CT molecular complexity index is 401. The van der Waals surface area contributed by atoms with Crippen molar-refractivity contribution in [3.05, 3.63) is 11.7 Å². The van der Waals surface area contributed by atoms with E-state index in [1.54, 1.807) is 0 Å². The highest BCUT2D eigenvalue weighted by molar-refractivity contribution is 5.82. The van der Waals surface area contributed by atoms with Crippen molar-refractivity contribution in [2.45, 2.75) is 38.0 Å². The molecule has 5 nitrogen and oxygen atoms in total. The van der Waals surface area contributed by atoms with Gasteiger partial charge in [0.05, 0.1) is 0 Å². The summed E-state index contributed by atoms with van der Waals surface area (Å²) in [6.45, 7) is 0. The predicted octanol–water partition coefficient (Wildman–Crippen LogP) is 1.82. The molecule has 3 rings (SSSR count). The number of hydrogen-bond acceptors (Lipinski definition) is 4. The van der Waals surface area contributed by atoms with Gasteiger partial charge in [-0.15, -0.1) is 0 Å². The number of carbonyl (C=O) groups is 1. The molecule has 2 fully saturated rings. The Morgan fingerprint density at radius 2 is 2.20 bits per heavy atom. The smallest absolute Gasteiger partial charge is 0.377 e. The Morgan fingerprint density at radius 1 is 1.47 bits per heavy atom. The highest BCUT2D eigenvalue weighted by Gasteiger charge is 2.50. The van der Waals surface area contributed by atoms with Crippen LogP contribution in [0.15, 0.2) is 4.52 Å². The van der Waals surface area contributed by atoms with Crippen molar-refractivity contribution in [1.82, 2.24) is 10.1 Å². The van der Waals surface area contributed by atoms with E-state index < -0.39 is 5.97 Å².